The van der Waals surface area contributed by atoms with E-state index in [1.165, 1.54) is 11.3 Å². The monoisotopic (exact) mass is 408 g/mol. The summed E-state index contributed by atoms with van der Waals surface area (Å²) in [5.74, 6) is 0.734. The molecule has 1 saturated heterocycles. The summed E-state index contributed by atoms with van der Waals surface area (Å²) in [6.45, 7) is 8.58. The lowest BCUT2D eigenvalue weighted by atomic mass is 10.1. The summed E-state index contributed by atoms with van der Waals surface area (Å²) in [7, 11) is 0. The highest BCUT2D eigenvalue weighted by atomic mass is 35.5. The van der Waals surface area contributed by atoms with Crippen molar-refractivity contribution in [3.63, 3.8) is 0 Å². The van der Waals surface area contributed by atoms with E-state index in [2.05, 4.69) is 22.8 Å². The summed E-state index contributed by atoms with van der Waals surface area (Å²) in [5, 5.41) is 11.8. The molecule has 0 amide bonds. The number of nitrogens with zero attached hydrogens (tertiary/aromatic N) is 2. The fraction of sp³-hybridized carbons (Fsp3) is 0.429. The Morgan fingerprint density at radius 3 is 2.44 bits per heavy atom. The molecule has 1 fully saturated rings. The van der Waals surface area contributed by atoms with Crippen LogP contribution in [0.4, 0.5) is 5.69 Å². The van der Waals surface area contributed by atoms with Crippen LogP contribution in [-0.4, -0.2) is 55.4 Å². The molecule has 0 unspecified atom stereocenters. The molecular weight excluding hydrogens is 383 g/mol. The fourth-order valence-corrected chi connectivity index (χ4v) is 3.63. The Balaban J connectivity index is 1.45. The van der Waals surface area contributed by atoms with Crippen LogP contribution in [0.15, 0.2) is 36.4 Å². The minimum absolute atomic E-state index is 0.273. The lowest BCUT2D eigenvalue weighted by molar-refractivity contribution is 0.0663. The van der Waals surface area contributed by atoms with Gasteiger partial charge in [-0.15, -0.1) is 0 Å². The molecule has 2 aromatic rings. The smallest absolute Gasteiger partial charge is 0.119 e. The first kappa shape index (κ1) is 20.3. The van der Waals surface area contributed by atoms with Crippen molar-refractivity contribution in [2.45, 2.75) is 20.0 Å². The van der Waals surface area contributed by atoms with Crippen LogP contribution < -0.4 is 9.64 Å². The number of halogens is 2. The summed E-state index contributed by atoms with van der Waals surface area (Å²) in [5.41, 5.74) is 3.40. The van der Waals surface area contributed by atoms with Crippen LogP contribution in [0.5, 0.6) is 5.75 Å². The number of anilines is 1. The molecule has 1 aliphatic heterocycles. The van der Waals surface area contributed by atoms with E-state index in [9.17, 15) is 5.11 Å². The Morgan fingerprint density at radius 2 is 1.74 bits per heavy atom. The van der Waals surface area contributed by atoms with E-state index in [0.717, 1.165) is 47.5 Å². The highest BCUT2D eigenvalue weighted by Gasteiger charge is 2.21. The molecule has 146 valence electrons. The van der Waals surface area contributed by atoms with Crippen LogP contribution in [0.1, 0.15) is 11.1 Å². The zero-order chi connectivity index (χ0) is 19.4. The van der Waals surface area contributed by atoms with E-state index in [1.807, 2.05) is 37.3 Å². The number of β-amino-alcohol motifs (C(OH)–C–C–N with tert-alkyl or cyclic N) is 1. The minimum atomic E-state index is -0.527. The number of benzene rings is 2. The highest BCUT2D eigenvalue weighted by Crippen LogP contribution is 2.25. The van der Waals surface area contributed by atoms with E-state index in [-0.39, 0.29) is 6.61 Å². The van der Waals surface area contributed by atoms with Gasteiger partial charge in [0, 0.05) is 48.5 Å². The number of aliphatic hydroxyl groups excluding tert-OH is 1. The Kier molecular flexibility index (Phi) is 6.88. The van der Waals surface area contributed by atoms with Gasteiger partial charge in [-0.2, -0.15) is 0 Å². The average molecular weight is 409 g/mol. The zero-order valence-corrected chi connectivity index (χ0v) is 17.3. The molecule has 1 N–H and O–H groups in total. The van der Waals surface area contributed by atoms with Crippen LogP contribution in [-0.2, 0) is 0 Å². The molecule has 4 nitrogen and oxygen atoms in total. The molecule has 0 bridgehead atoms. The topological polar surface area (TPSA) is 35.9 Å². The van der Waals surface area contributed by atoms with Crippen molar-refractivity contribution < 1.29 is 9.84 Å². The predicted octanol–water partition coefficient (Wildman–Crippen LogP) is 4.17. The third kappa shape index (κ3) is 5.52. The molecule has 0 aliphatic carbocycles. The molecule has 1 atom stereocenters. The van der Waals surface area contributed by atoms with Crippen molar-refractivity contribution >= 4 is 28.9 Å². The number of rotatable bonds is 6. The Labute approximate surface area is 171 Å². The minimum Gasteiger partial charge on any atom is -0.491 e. The van der Waals surface area contributed by atoms with Gasteiger partial charge in [0.25, 0.3) is 0 Å². The lowest BCUT2D eigenvalue weighted by Crippen LogP contribution is -2.49. The van der Waals surface area contributed by atoms with Crippen LogP contribution in [0, 0.1) is 13.8 Å². The molecule has 1 aliphatic rings. The van der Waals surface area contributed by atoms with Gasteiger partial charge in [-0.25, -0.2) is 0 Å². The van der Waals surface area contributed by atoms with E-state index < -0.39 is 6.10 Å². The van der Waals surface area contributed by atoms with E-state index in [1.54, 1.807) is 0 Å². The average Bonchev–Trinajstić information content (AvgIpc) is 2.65. The van der Waals surface area contributed by atoms with E-state index in [4.69, 9.17) is 27.9 Å². The number of hydrogen-bond acceptors (Lipinski definition) is 4. The van der Waals surface area contributed by atoms with Crippen LogP contribution >= 0.6 is 23.2 Å². The van der Waals surface area contributed by atoms with Crippen molar-refractivity contribution in [2.24, 2.45) is 0 Å². The second-order valence-corrected chi connectivity index (χ2v) is 7.94. The molecule has 0 aromatic heterocycles. The third-order valence-electron chi connectivity index (χ3n) is 4.92. The van der Waals surface area contributed by atoms with Crippen LogP contribution in [0.3, 0.4) is 0 Å². The number of hydrogen-bond donors (Lipinski definition) is 1. The normalized spacial score (nSPS) is 16.4. The van der Waals surface area contributed by atoms with Crippen LogP contribution in [0.25, 0.3) is 0 Å². The first-order valence-corrected chi connectivity index (χ1v) is 9.98. The molecule has 3 rings (SSSR count). The largest absolute Gasteiger partial charge is 0.491 e. The molecule has 0 saturated carbocycles. The van der Waals surface area contributed by atoms with Crippen molar-refractivity contribution in [3.8, 4) is 5.75 Å². The second-order valence-electron chi connectivity index (χ2n) is 7.09. The number of ether oxygens (including phenoxy) is 1. The second kappa shape index (κ2) is 9.16. The number of aryl methyl sites for hydroxylation is 2. The maximum atomic E-state index is 10.3. The summed E-state index contributed by atoms with van der Waals surface area (Å²) >= 11 is 12.2. The van der Waals surface area contributed by atoms with E-state index >= 15 is 0 Å². The number of aliphatic hydroxyl groups is 1. The van der Waals surface area contributed by atoms with Gasteiger partial charge in [-0.05, 0) is 55.3 Å². The first-order chi connectivity index (χ1) is 12.9. The third-order valence-corrected chi connectivity index (χ3v) is 5.58. The van der Waals surface area contributed by atoms with Gasteiger partial charge in [-0.3, -0.25) is 4.90 Å². The van der Waals surface area contributed by atoms with Crippen molar-refractivity contribution in [2.75, 3.05) is 44.2 Å². The SMILES string of the molecule is Cc1cc(OC[C@@H](O)CN2CCN(c3cc(Cl)ccc3C)CC2)ccc1Cl. The fourth-order valence-electron chi connectivity index (χ4n) is 3.34. The predicted molar refractivity (Wildman–Crippen MR) is 113 cm³/mol. The van der Waals surface area contributed by atoms with E-state index in [0.29, 0.717) is 6.54 Å². The summed E-state index contributed by atoms with van der Waals surface area (Å²) < 4.78 is 5.70. The lowest BCUT2D eigenvalue weighted by Gasteiger charge is -2.37. The van der Waals surface area contributed by atoms with Crippen LogP contribution in [0.2, 0.25) is 10.0 Å². The molecule has 27 heavy (non-hydrogen) atoms. The van der Waals surface area contributed by atoms with Crippen molar-refractivity contribution in [3.05, 3.63) is 57.6 Å². The quantitative estimate of drug-likeness (QED) is 0.777. The Bertz CT molecular complexity index is 777. The van der Waals surface area contributed by atoms with Gasteiger partial charge in [0.1, 0.15) is 18.5 Å². The number of piperazine rings is 1. The Hall–Kier alpha value is -1.46. The molecule has 0 spiro atoms. The maximum absolute atomic E-state index is 10.3. The molecular formula is C21H26Cl2N2O2. The summed E-state index contributed by atoms with van der Waals surface area (Å²) in [6.07, 6.45) is -0.527. The molecule has 1 heterocycles. The van der Waals surface area contributed by atoms with Gasteiger partial charge in [0.15, 0.2) is 0 Å². The zero-order valence-electron chi connectivity index (χ0n) is 15.8. The molecule has 2 aromatic carbocycles. The van der Waals surface area contributed by atoms with Crippen molar-refractivity contribution in [1.82, 2.24) is 4.90 Å². The van der Waals surface area contributed by atoms with Crippen molar-refractivity contribution in [1.29, 1.82) is 0 Å². The van der Waals surface area contributed by atoms with Gasteiger partial charge in [0.2, 0.25) is 0 Å². The van der Waals surface area contributed by atoms with Gasteiger partial charge in [-0.1, -0.05) is 29.3 Å². The molecule has 6 heteroatoms. The van der Waals surface area contributed by atoms with Gasteiger partial charge in [0.05, 0.1) is 0 Å². The summed E-state index contributed by atoms with van der Waals surface area (Å²) in [4.78, 5) is 4.63. The summed E-state index contributed by atoms with van der Waals surface area (Å²) in [6, 6.07) is 11.5. The Morgan fingerprint density at radius 1 is 1.00 bits per heavy atom. The van der Waals surface area contributed by atoms with Gasteiger partial charge >= 0.3 is 0 Å². The van der Waals surface area contributed by atoms with Gasteiger partial charge < -0.3 is 14.7 Å². The highest BCUT2D eigenvalue weighted by molar-refractivity contribution is 6.31. The maximum Gasteiger partial charge on any atom is 0.119 e. The first-order valence-electron chi connectivity index (χ1n) is 9.23. The molecule has 0 radical (unpaired) electrons. The standard InChI is InChI=1S/C21H26Cl2N2O2/c1-15-3-4-17(22)12-21(15)25-9-7-24(8-10-25)13-18(26)14-27-19-5-6-20(23)16(2)11-19/h3-6,11-12,18,26H,7-10,13-14H2,1-2H3/t18-/m0/s1.